The minimum atomic E-state index is 0.331. The second-order valence-electron chi connectivity index (χ2n) is 6.64. The fourth-order valence-electron chi connectivity index (χ4n) is 3.22. The minimum Gasteiger partial charge on any atom is -0.366 e. The molecule has 4 aromatic rings. The standard InChI is InChI=1S/C20H22N8/c1-2-3-8-18-22-20(21)25-28(18)13-14-9-11-15(12-10-14)16-6-4-5-7-17(16)19-23-26-27-24-19/h4-7,9-12H,2-3,8,13H2,1H3,(H2,21,25)(H,23,24,26,27). The number of aromatic amines is 1. The average molecular weight is 374 g/mol. The molecule has 0 saturated heterocycles. The highest BCUT2D eigenvalue weighted by Crippen LogP contribution is 2.29. The van der Waals surface area contributed by atoms with Crippen molar-refractivity contribution in [3.63, 3.8) is 0 Å². The molecule has 8 heteroatoms. The number of aryl methyl sites for hydroxylation is 1. The van der Waals surface area contributed by atoms with E-state index < -0.39 is 0 Å². The molecule has 2 heterocycles. The summed E-state index contributed by atoms with van der Waals surface area (Å²) in [5, 5.41) is 18.6. The van der Waals surface area contributed by atoms with Gasteiger partial charge in [0.25, 0.3) is 0 Å². The molecule has 0 unspecified atom stereocenters. The normalized spacial score (nSPS) is 11.0. The molecular weight excluding hydrogens is 352 g/mol. The number of unbranched alkanes of at least 4 members (excludes halogenated alkanes) is 1. The van der Waals surface area contributed by atoms with E-state index in [1.165, 1.54) is 0 Å². The van der Waals surface area contributed by atoms with Crippen molar-refractivity contribution in [3.05, 3.63) is 59.9 Å². The molecule has 0 saturated carbocycles. The van der Waals surface area contributed by atoms with Crippen molar-refractivity contribution in [2.45, 2.75) is 32.7 Å². The van der Waals surface area contributed by atoms with Gasteiger partial charge in [0, 0.05) is 12.0 Å². The molecular formula is C20H22N8. The molecule has 0 aliphatic carbocycles. The monoisotopic (exact) mass is 374 g/mol. The predicted octanol–water partition coefficient (Wildman–Crippen LogP) is 3.10. The van der Waals surface area contributed by atoms with Crippen molar-refractivity contribution in [3.8, 4) is 22.5 Å². The van der Waals surface area contributed by atoms with Crippen molar-refractivity contribution in [1.29, 1.82) is 0 Å². The number of aromatic nitrogens is 7. The van der Waals surface area contributed by atoms with Crippen molar-refractivity contribution in [1.82, 2.24) is 35.4 Å². The first-order valence-electron chi connectivity index (χ1n) is 9.36. The summed E-state index contributed by atoms with van der Waals surface area (Å²) in [6.07, 6.45) is 3.07. The van der Waals surface area contributed by atoms with Gasteiger partial charge in [0.15, 0.2) is 5.82 Å². The third kappa shape index (κ3) is 3.75. The Balaban J connectivity index is 1.58. The molecule has 0 fully saturated rings. The van der Waals surface area contributed by atoms with E-state index in [1.807, 2.05) is 22.9 Å². The molecule has 0 atom stereocenters. The van der Waals surface area contributed by atoms with Crippen LogP contribution in [0.2, 0.25) is 0 Å². The van der Waals surface area contributed by atoms with Crippen LogP contribution < -0.4 is 5.73 Å². The number of nitrogens with zero attached hydrogens (tertiary/aromatic N) is 6. The molecule has 0 bridgehead atoms. The summed E-state index contributed by atoms with van der Waals surface area (Å²) >= 11 is 0. The fraction of sp³-hybridized carbons (Fsp3) is 0.250. The number of hydrogen-bond donors (Lipinski definition) is 2. The number of rotatable bonds is 7. The fourth-order valence-corrected chi connectivity index (χ4v) is 3.22. The van der Waals surface area contributed by atoms with E-state index in [0.717, 1.165) is 47.3 Å². The number of tetrazole rings is 1. The topological polar surface area (TPSA) is 111 Å². The van der Waals surface area contributed by atoms with Crippen molar-refractivity contribution >= 4 is 5.95 Å². The molecule has 28 heavy (non-hydrogen) atoms. The Labute approximate surface area is 162 Å². The summed E-state index contributed by atoms with van der Waals surface area (Å²) in [6, 6.07) is 16.5. The number of hydrogen-bond acceptors (Lipinski definition) is 6. The molecule has 2 aromatic carbocycles. The Morgan fingerprint density at radius 3 is 2.54 bits per heavy atom. The van der Waals surface area contributed by atoms with E-state index in [0.29, 0.717) is 18.3 Å². The summed E-state index contributed by atoms with van der Waals surface area (Å²) in [7, 11) is 0. The first kappa shape index (κ1) is 17.8. The van der Waals surface area contributed by atoms with Crippen molar-refractivity contribution in [2.24, 2.45) is 0 Å². The molecule has 0 aliphatic heterocycles. The van der Waals surface area contributed by atoms with E-state index in [-0.39, 0.29) is 0 Å². The first-order valence-corrected chi connectivity index (χ1v) is 9.36. The van der Waals surface area contributed by atoms with Gasteiger partial charge < -0.3 is 5.73 Å². The zero-order valence-corrected chi connectivity index (χ0v) is 15.7. The highest BCUT2D eigenvalue weighted by atomic mass is 15.5. The maximum atomic E-state index is 5.81. The molecule has 0 amide bonds. The number of H-pyrrole nitrogens is 1. The van der Waals surface area contributed by atoms with Gasteiger partial charge in [-0.1, -0.05) is 61.9 Å². The van der Waals surface area contributed by atoms with E-state index in [2.05, 4.69) is 68.0 Å². The SMILES string of the molecule is CCCCc1nc(N)nn1Cc1ccc(-c2ccccc2-c2nnn[nH]2)cc1. The van der Waals surface area contributed by atoms with Gasteiger partial charge in [-0.25, -0.2) is 9.78 Å². The maximum Gasteiger partial charge on any atom is 0.239 e. The predicted molar refractivity (Wildman–Crippen MR) is 107 cm³/mol. The number of benzene rings is 2. The lowest BCUT2D eigenvalue weighted by Gasteiger charge is -2.09. The third-order valence-corrected chi connectivity index (χ3v) is 4.64. The van der Waals surface area contributed by atoms with Crippen molar-refractivity contribution < 1.29 is 0 Å². The van der Waals surface area contributed by atoms with Crippen LogP contribution in [0.5, 0.6) is 0 Å². The minimum absolute atomic E-state index is 0.331. The summed E-state index contributed by atoms with van der Waals surface area (Å²) < 4.78 is 1.90. The van der Waals surface area contributed by atoms with E-state index >= 15 is 0 Å². The highest BCUT2D eigenvalue weighted by Gasteiger charge is 2.11. The molecule has 142 valence electrons. The largest absolute Gasteiger partial charge is 0.366 e. The van der Waals surface area contributed by atoms with Crippen LogP contribution >= 0.6 is 0 Å². The van der Waals surface area contributed by atoms with Crippen LogP contribution in [0.4, 0.5) is 5.95 Å². The number of nitrogens with two attached hydrogens (primary N) is 1. The van der Waals surface area contributed by atoms with E-state index in [1.54, 1.807) is 0 Å². The third-order valence-electron chi connectivity index (χ3n) is 4.64. The van der Waals surface area contributed by atoms with Gasteiger partial charge >= 0.3 is 0 Å². The number of nitrogen functional groups attached to an aromatic ring is 1. The molecule has 8 nitrogen and oxygen atoms in total. The zero-order valence-electron chi connectivity index (χ0n) is 15.7. The highest BCUT2D eigenvalue weighted by molar-refractivity contribution is 5.80. The molecule has 0 spiro atoms. The van der Waals surface area contributed by atoms with Crippen LogP contribution in [0.25, 0.3) is 22.5 Å². The summed E-state index contributed by atoms with van der Waals surface area (Å²) in [4.78, 5) is 4.36. The van der Waals surface area contributed by atoms with E-state index in [9.17, 15) is 0 Å². The molecule has 0 aliphatic rings. The van der Waals surface area contributed by atoms with Crippen LogP contribution in [-0.2, 0) is 13.0 Å². The summed E-state index contributed by atoms with van der Waals surface area (Å²) in [5.74, 6) is 1.92. The van der Waals surface area contributed by atoms with Gasteiger partial charge in [0.1, 0.15) is 5.82 Å². The van der Waals surface area contributed by atoms with Gasteiger partial charge in [-0.05, 0) is 33.5 Å². The number of nitrogens with one attached hydrogen (secondary N) is 1. The average Bonchev–Trinajstić information content (AvgIpc) is 3.37. The zero-order chi connectivity index (χ0) is 19.3. The second-order valence-corrected chi connectivity index (χ2v) is 6.64. The Morgan fingerprint density at radius 2 is 1.82 bits per heavy atom. The quantitative estimate of drug-likeness (QED) is 0.514. The van der Waals surface area contributed by atoms with Gasteiger partial charge in [-0.3, -0.25) is 0 Å². The Kier molecular flexibility index (Phi) is 5.09. The van der Waals surface area contributed by atoms with Crippen LogP contribution in [-0.4, -0.2) is 35.4 Å². The summed E-state index contributed by atoms with van der Waals surface area (Å²) in [5.41, 5.74) is 10.1. The van der Waals surface area contributed by atoms with Gasteiger partial charge in [0.2, 0.25) is 5.95 Å². The first-order chi connectivity index (χ1) is 13.7. The van der Waals surface area contributed by atoms with Gasteiger partial charge in [0.05, 0.1) is 6.54 Å². The summed E-state index contributed by atoms with van der Waals surface area (Å²) in [6.45, 7) is 2.81. The lowest BCUT2D eigenvalue weighted by Crippen LogP contribution is -2.07. The van der Waals surface area contributed by atoms with Crippen LogP contribution in [0.15, 0.2) is 48.5 Å². The van der Waals surface area contributed by atoms with Crippen LogP contribution in [0.3, 0.4) is 0 Å². The van der Waals surface area contributed by atoms with Crippen LogP contribution in [0, 0.1) is 0 Å². The lowest BCUT2D eigenvalue weighted by atomic mass is 9.98. The number of anilines is 1. The van der Waals surface area contributed by atoms with Gasteiger partial charge in [-0.15, -0.1) is 10.2 Å². The van der Waals surface area contributed by atoms with Gasteiger partial charge in [-0.2, -0.15) is 4.98 Å². The second kappa shape index (κ2) is 7.99. The van der Waals surface area contributed by atoms with Crippen molar-refractivity contribution in [2.75, 3.05) is 5.73 Å². The smallest absolute Gasteiger partial charge is 0.239 e. The van der Waals surface area contributed by atoms with E-state index in [4.69, 9.17) is 5.73 Å². The Morgan fingerprint density at radius 1 is 1.04 bits per heavy atom. The molecule has 2 aromatic heterocycles. The lowest BCUT2D eigenvalue weighted by molar-refractivity contribution is 0.619. The molecule has 3 N–H and O–H groups in total. The van der Waals surface area contributed by atoms with Crippen LogP contribution in [0.1, 0.15) is 31.2 Å². The Bertz CT molecular complexity index is 1030. The Hall–Kier alpha value is -3.55. The molecule has 0 radical (unpaired) electrons. The molecule has 4 rings (SSSR count). The maximum absolute atomic E-state index is 5.81.